The lowest BCUT2D eigenvalue weighted by molar-refractivity contribution is 0.566. The van der Waals surface area contributed by atoms with Crippen LogP contribution in [0.25, 0.3) is 0 Å². The Labute approximate surface area is 125 Å². The summed E-state index contributed by atoms with van der Waals surface area (Å²) in [6.07, 6.45) is 3.77. The zero-order chi connectivity index (χ0) is 15.3. The topological polar surface area (TPSA) is 85.1 Å². The molecule has 6 heteroatoms. The number of aryl methyl sites for hydroxylation is 1. The van der Waals surface area contributed by atoms with Crippen molar-refractivity contribution in [2.45, 2.75) is 19.4 Å². The largest absolute Gasteiger partial charge is 0.399 e. The van der Waals surface area contributed by atoms with E-state index in [4.69, 9.17) is 5.73 Å². The van der Waals surface area contributed by atoms with Gasteiger partial charge in [0.05, 0.1) is 5.75 Å². The van der Waals surface area contributed by atoms with Crippen LogP contribution in [-0.2, 0) is 16.4 Å². The summed E-state index contributed by atoms with van der Waals surface area (Å²) in [6, 6.07) is 10.5. The van der Waals surface area contributed by atoms with Gasteiger partial charge in [0.1, 0.15) is 0 Å². The number of nitrogens with two attached hydrogens (primary N) is 1. The third-order valence-corrected chi connectivity index (χ3v) is 4.63. The molecule has 112 valence electrons. The first kappa shape index (κ1) is 15.5. The number of sulfonamides is 1. The van der Waals surface area contributed by atoms with Gasteiger partial charge >= 0.3 is 0 Å². The van der Waals surface area contributed by atoms with Crippen molar-refractivity contribution in [3.05, 3.63) is 59.9 Å². The van der Waals surface area contributed by atoms with Crippen molar-refractivity contribution in [3.8, 4) is 0 Å². The Kier molecular flexibility index (Phi) is 4.93. The molecule has 2 rings (SSSR count). The lowest BCUT2D eigenvalue weighted by atomic mass is 10.1. The second kappa shape index (κ2) is 6.69. The van der Waals surface area contributed by atoms with Gasteiger partial charge in [-0.1, -0.05) is 12.1 Å². The number of nitrogens with one attached hydrogen (secondary N) is 1. The van der Waals surface area contributed by atoms with E-state index in [1.54, 1.807) is 31.5 Å². The Morgan fingerprint density at radius 3 is 2.62 bits per heavy atom. The van der Waals surface area contributed by atoms with Crippen LogP contribution in [0.3, 0.4) is 0 Å². The van der Waals surface area contributed by atoms with Crippen LogP contribution in [0.1, 0.15) is 24.1 Å². The molecule has 0 aliphatic carbocycles. The Bertz CT molecular complexity index is 687. The molecule has 0 spiro atoms. The van der Waals surface area contributed by atoms with Crippen LogP contribution in [0.5, 0.6) is 0 Å². The Morgan fingerprint density at radius 2 is 1.95 bits per heavy atom. The molecular formula is C15H19N3O2S. The molecule has 1 heterocycles. The Balaban J connectivity index is 1.97. The first-order valence-electron chi connectivity index (χ1n) is 6.70. The van der Waals surface area contributed by atoms with Gasteiger partial charge < -0.3 is 5.73 Å². The van der Waals surface area contributed by atoms with Crippen LogP contribution >= 0.6 is 0 Å². The van der Waals surface area contributed by atoms with Crippen molar-refractivity contribution < 1.29 is 8.42 Å². The summed E-state index contributed by atoms with van der Waals surface area (Å²) in [5, 5.41) is 0. The molecule has 1 aromatic carbocycles. The van der Waals surface area contributed by atoms with Crippen molar-refractivity contribution >= 4 is 15.7 Å². The molecule has 0 aliphatic heterocycles. The summed E-state index contributed by atoms with van der Waals surface area (Å²) in [4.78, 5) is 3.91. The number of hydrogen-bond acceptors (Lipinski definition) is 4. The quantitative estimate of drug-likeness (QED) is 0.798. The maximum absolute atomic E-state index is 12.1. The van der Waals surface area contributed by atoms with E-state index in [1.165, 1.54) is 0 Å². The highest BCUT2D eigenvalue weighted by Gasteiger charge is 2.16. The van der Waals surface area contributed by atoms with Gasteiger partial charge in [0.25, 0.3) is 0 Å². The third kappa shape index (κ3) is 4.84. The fraction of sp³-hybridized carbons (Fsp3) is 0.267. The minimum Gasteiger partial charge on any atom is -0.399 e. The molecule has 1 atom stereocenters. The monoisotopic (exact) mass is 305 g/mol. The van der Waals surface area contributed by atoms with E-state index in [0.29, 0.717) is 12.1 Å². The Morgan fingerprint density at radius 1 is 1.24 bits per heavy atom. The molecule has 5 nitrogen and oxygen atoms in total. The minimum absolute atomic E-state index is 0.0453. The molecule has 0 radical (unpaired) electrons. The zero-order valence-electron chi connectivity index (χ0n) is 11.9. The van der Waals surface area contributed by atoms with Crippen LogP contribution < -0.4 is 10.5 Å². The number of rotatable bonds is 6. The molecule has 0 amide bonds. The van der Waals surface area contributed by atoms with Crippen LogP contribution in [0.15, 0.2) is 48.8 Å². The molecule has 0 fully saturated rings. The summed E-state index contributed by atoms with van der Waals surface area (Å²) in [5.74, 6) is 0.0453. The highest BCUT2D eigenvalue weighted by molar-refractivity contribution is 7.89. The van der Waals surface area contributed by atoms with Crippen molar-refractivity contribution in [2.75, 3.05) is 11.5 Å². The van der Waals surface area contributed by atoms with Gasteiger partial charge in [-0.3, -0.25) is 4.98 Å². The summed E-state index contributed by atoms with van der Waals surface area (Å²) < 4.78 is 26.9. The second-order valence-corrected chi connectivity index (χ2v) is 6.81. The number of anilines is 1. The third-order valence-electron chi connectivity index (χ3n) is 3.18. The first-order valence-corrected chi connectivity index (χ1v) is 8.36. The van der Waals surface area contributed by atoms with E-state index in [0.717, 1.165) is 11.1 Å². The van der Waals surface area contributed by atoms with Crippen molar-refractivity contribution in [3.63, 3.8) is 0 Å². The Hall–Kier alpha value is -1.92. The normalized spacial score (nSPS) is 13.0. The first-order chi connectivity index (χ1) is 9.96. The van der Waals surface area contributed by atoms with Gasteiger partial charge in [-0.25, -0.2) is 13.1 Å². The molecular weight excluding hydrogens is 286 g/mol. The maximum atomic E-state index is 12.1. The fourth-order valence-electron chi connectivity index (χ4n) is 2.03. The number of aromatic nitrogens is 1. The van der Waals surface area contributed by atoms with E-state index >= 15 is 0 Å². The van der Waals surface area contributed by atoms with Crippen molar-refractivity contribution in [2.24, 2.45) is 0 Å². The van der Waals surface area contributed by atoms with Crippen LogP contribution in [0.2, 0.25) is 0 Å². The lowest BCUT2D eigenvalue weighted by Gasteiger charge is -2.15. The average Bonchev–Trinajstić information content (AvgIpc) is 2.46. The van der Waals surface area contributed by atoms with Crippen molar-refractivity contribution in [1.29, 1.82) is 0 Å². The highest BCUT2D eigenvalue weighted by atomic mass is 32.2. The van der Waals surface area contributed by atoms with Gasteiger partial charge in [-0.2, -0.15) is 0 Å². The van der Waals surface area contributed by atoms with Crippen LogP contribution in [-0.4, -0.2) is 19.2 Å². The predicted molar refractivity (Wildman–Crippen MR) is 84.1 cm³/mol. The fourth-order valence-corrected chi connectivity index (χ4v) is 3.32. The molecule has 0 bridgehead atoms. The second-order valence-electron chi connectivity index (χ2n) is 4.93. The number of benzene rings is 1. The molecule has 0 saturated heterocycles. The average molecular weight is 305 g/mol. The molecule has 1 aromatic heterocycles. The van der Waals surface area contributed by atoms with Gasteiger partial charge in [-0.05, 0) is 48.7 Å². The summed E-state index contributed by atoms with van der Waals surface area (Å²) in [5.41, 5.74) is 8.13. The van der Waals surface area contributed by atoms with Gasteiger partial charge in [0, 0.05) is 24.1 Å². The molecule has 0 aliphatic rings. The van der Waals surface area contributed by atoms with E-state index < -0.39 is 10.0 Å². The minimum atomic E-state index is -3.35. The lowest BCUT2D eigenvalue weighted by Crippen LogP contribution is -2.30. The standard InChI is InChI=1S/C15H19N3O2S/c1-12(14-3-2-4-15(16)11-14)18-21(19,20)10-7-13-5-8-17-9-6-13/h2-6,8-9,11-12,18H,7,10,16H2,1H3. The van der Waals surface area contributed by atoms with Gasteiger partial charge in [0.2, 0.25) is 10.0 Å². The number of hydrogen-bond donors (Lipinski definition) is 2. The summed E-state index contributed by atoms with van der Waals surface area (Å²) >= 11 is 0. The maximum Gasteiger partial charge on any atom is 0.212 e. The van der Waals surface area contributed by atoms with Crippen molar-refractivity contribution in [1.82, 2.24) is 9.71 Å². The van der Waals surface area contributed by atoms with E-state index in [2.05, 4.69) is 9.71 Å². The SMILES string of the molecule is CC(NS(=O)(=O)CCc1ccncc1)c1cccc(N)c1. The van der Waals surface area contributed by atoms with Gasteiger partial charge in [0.15, 0.2) is 0 Å². The predicted octanol–water partition coefficient (Wildman–Crippen LogP) is 1.89. The smallest absolute Gasteiger partial charge is 0.212 e. The number of pyridine rings is 1. The van der Waals surface area contributed by atoms with E-state index in [-0.39, 0.29) is 11.8 Å². The van der Waals surface area contributed by atoms with Crippen LogP contribution in [0, 0.1) is 0 Å². The molecule has 21 heavy (non-hydrogen) atoms. The molecule has 0 saturated carbocycles. The number of nitrogens with zero attached hydrogens (tertiary/aromatic N) is 1. The molecule has 2 aromatic rings. The zero-order valence-corrected chi connectivity index (χ0v) is 12.7. The summed E-state index contributed by atoms with van der Waals surface area (Å²) in [7, 11) is -3.35. The highest BCUT2D eigenvalue weighted by Crippen LogP contribution is 2.16. The van der Waals surface area contributed by atoms with E-state index in [9.17, 15) is 8.42 Å². The van der Waals surface area contributed by atoms with E-state index in [1.807, 2.05) is 24.3 Å². The summed E-state index contributed by atoms with van der Waals surface area (Å²) in [6.45, 7) is 1.80. The molecule has 3 N–H and O–H groups in total. The number of nitrogen functional groups attached to an aromatic ring is 1. The molecule has 1 unspecified atom stereocenters. The van der Waals surface area contributed by atoms with Crippen LogP contribution in [0.4, 0.5) is 5.69 Å². The van der Waals surface area contributed by atoms with Gasteiger partial charge in [-0.15, -0.1) is 0 Å².